The van der Waals surface area contributed by atoms with Crippen molar-refractivity contribution in [2.75, 3.05) is 12.4 Å². The van der Waals surface area contributed by atoms with Gasteiger partial charge in [0.1, 0.15) is 11.6 Å². The summed E-state index contributed by atoms with van der Waals surface area (Å²) in [5.41, 5.74) is 2.58. The van der Waals surface area contributed by atoms with Crippen LogP contribution in [0.15, 0.2) is 18.2 Å². The van der Waals surface area contributed by atoms with Gasteiger partial charge < -0.3 is 5.32 Å². The highest BCUT2D eigenvalue weighted by atomic mass is 35.5. The van der Waals surface area contributed by atoms with Crippen LogP contribution in [0.25, 0.3) is 11.4 Å². The minimum Gasteiger partial charge on any atom is -0.373 e. The number of aromatic nitrogens is 2. The molecule has 1 heterocycles. The van der Waals surface area contributed by atoms with Crippen LogP contribution in [0.5, 0.6) is 0 Å². The summed E-state index contributed by atoms with van der Waals surface area (Å²) >= 11 is 5.68. The minimum atomic E-state index is -0.467. The van der Waals surface area contributed by atoms with E-state index < -0.39 is 5.82 Å². The Hall–Kier alpha value is -1.68. The summed E-state index contributed by atoms with van der Waals surface area (Å²) in [6.07, 6.45) is 0.845. The molecule has 0 atom stereocenters. The molecule has 0 unspecified atom stereocenters. The Labute approximate surface area is 116 Å². The molecule has 0 aliphatic rings. The number of aryl methyl sites for hydroxylation is 1. The van der Waals surface area contributed by atoms with Gasteiger partial charge in [0.15, 0.2) is 5.82 Å². The van der Waals surface area contributed by atoms with Crippen molar-refractivity contribution in [2.45, 2.75) is 20.3 Å². The maximum absolute atomic E-state index is 13.5. The minimum absolute atomic E-state index is 0.0968. The van der Waals surface area contributed by atoms with E-state index >= 15 is 0 Å². The van der Waals surface area contributed by atoms with Crippen LogP contribution < -0.4 is 5.32 Å². The largest absolute Gasteiger partial charge is 0.373 e. The predicted octanol–water partition coefficient (Wildman–Crippen LogP) is 3.85. The summed E-state index contributed by atoms with van der Waals surface area (Å²) in [6.45, 7) is 3.98. The van der Waals surface area contributed by atoms with E-state index in [1.54, 1.807) is 6.07 Å². The molecule has 5 heteroatoms. The number of benzene rings is 1. The van der Waals surface area contributed by atoms with Gasteiger partial charge in [-0.25, -0.2) is 14.4 Å². The number of nitrogens with one attached hydrogen (secondary N) is 1. The molecule has 19 heavy (non-hydrogen) atoms. The van der Waals surface area contributed by atoms with Crippen molar-refractivity contribution < 1.29 is 4.39 Å². The molecule has 0 radical (unpaired) electrons. The molecule has 1 N–H and O–H groups in total. The van der Waals surface area contributed by atoms with Crippen LogP contribution in [-0.2, 0) is 6.42 Å². The number of anilines is 1. The third kappa shape index (κ3) is 2.68. The average molecular weight is 280 g/mol. The maximum Gasteiger partial charge on any atom is 0.161 e. The van der Waals surface area contributed by atoms with E-state index in [1.807, 2.05) is 20.9 Å². The zero-order valence-corrected chi connectivity index (χ0v) is 11.8. The van der Waals surface area contributed by atoms with Gasteiger partial charge in [0.25, 0.3) is 0 Å². The molecular weight excluding hydrogens is 265 g/mol. The molecule has 0 aliphatic heterocycles. The van der Waals surface area contributed by atoms with Crippen molar-refractivity contribution in [3.63, 3.8) is 0 Å². The standard InChI is InChI=1S/C14H15ClFN3/c1-4-10-8(2)18-13(19-14(10)17-3)9-5-6-11(15)12(16)7-9/h5-7H,4H2,1-3H3,(H,17,18,19). The predicted molar refractivity (Wildman–Crippen MR) is 76.1 cm³/mol. The first-order valence-corrected chi connectivity index (χ1v) is 6.45. The van der Waals surface area contributed by atoms with Gasteiger partial charge in [-0.2, -0.15) is 0 Å². The molecule has 0 fully saturated rings. The van der Waals surface area contributed by atoms with E-state index in [1.165, 1.54) is 12.1 Å². The van der Waals surface area contributed by atoms with E-state index in [0.717, 1.165) is 23.5 Å². The van der Waals surface area contributed by atoms with Crippen LogP contribution >= 0.6 is 11.6 Å². The SMILES string of the molecule is CCc1c(C)nc(-c2ccc(Cl)c(F)c2)nc1NC. The molecule has 1 aromatic heterocycles. The summed E-state index contributed by atoms with van der Waals surface area (Å²) in [7, 11) is 1.81. The molecule has 2 aromatic rings. The van der Waals surface area contributed by atoms with E-state index in [2.05, 4.69) is 15.3 Å². The lowest BCUT2D eigenvalue weighted by Crippen LogP contribution is -2.05. The first-order valence-electron chi connectivity index (χ1n) is 6.07. The Morgan fingerprint density at radius 2 is 2.05 bits per heavy atom. The molecule has 2 rings (SSSR count). The fourth-order valence-electron chi connectivity index (χ4n) is 1.99. The smallest absolute Gasteiger partial charge is 0.161 e. The van der Waals surface area contributed by atoms with E-state index in [4.69, 9.17) is 11.6 Å². The van der Waals surface area contributed by atoms with Crippen molar-refractivity contribution in [3.05, 3.63) is 40.3 Å². The topological polar surface area (TPSA) is 37.8 Å². The lowest BCUT2D eigenvalue weighted by molar-refractivity contribution is 0.628. The Bertz CT molecular complexity index is 614. The van der Waals surface area contributed by atoms with Crippen LogP contribution in [0.2, 0.25) is 5.02 Å². The molecule has 0 bridgehead atoms. The summed E-state index contributed by atoms with van der Waals surface area (Å²) in [6, 6.07) is 4.57. The summed E-state index contributed by atoms with van der Waals surface area (Å²) in [5, 5.41) is 3.15. The average Bonchev–Trinajstić information content (AvgIpc) is 2.40. The summed E-state index contributed by atoms with van der Waals surface area (Å²) in [5.74, 6) is 0.806. The quantitative estimate of drug-likeness (QED) is 0.927. The molecule has 0 saturated heterocycles. The van der Waals surface area contributed by atoms with Crippen LogP contribution in [0.1, 0.15) is 18.2 Å². The van der Waals surface area contributed by atoms with E-state index in [9.17, 15) is 4.39 Å². The highest BCUT2D eigenvalue weighted by Gasteiger charge is 2.11. The molecule has 100 valence electrons. The number of halogens is 2. The first kappa shape index (κ1) is 13.7. The zero-order chi connectivity index (χ0) is 14.0. The fourth-order valence-corrected chi connectivity index (χ4v) is 2.11. The van der Waals surface area contributed by atoms with Crippen LogP contribution in [0.3, 0.4) is 0 Å². The van der Waals surface area contributed by atoms with Crippen molar-refractivity contribution in [1.29, 1.82) is 0 Å². The fraction of sp³-hybridized carbons (Fsp3) is 0.286. The van der Waals surface area contributed by atoms with Crippen molar-refractivity contribution in [3.8, 4) is 11.4 Å². The van der Waals surface area contributed by atoms with Crippen molar-refractivity contribution in [2.24, 2.45) is 0 Å². The van der Waals surface area contributed by atoms with Crippen LogP contribution in [0, 0.1) is 12.7 Å². The Balaban J connectivity index is 2.56. The first-order chi connectivity index (χ1) is 9.06. The molecule has 0 saturated carbocycles. The van der Waals surface area contributed by atoms with Crippen LogP contribution in [-0.4, -0.2) is 17.0 Å². The van der Waals surface area contributed by atoms with Crippen molar-refractivity contribution in [1.82, 2.24) is 9.97 Å². The van der Waals surface area contributed by atoms with E-state index in [0.29, 0.717) is 11.4 Å². The number of hydrogen-bond acceptors (Lipinski definition) is 3. The third-order valence-corrected chi connectivity index (χ3v) is 3.29. The Morgan fingerprint density at radius 1 is 1.32 bits per heavy atom. The Morgan fingerprint density at radius 3 is 2.63 bits per heavy atom. The lowest BCUT2D eigenvalue weighted by Gasteiger charge is -2.11. The van der Waals surface area contributed by atoms with Crippen LogP contribution in [0.4, 0.5) is 10.2 Å². The highest BCUT2D eigenvalue weighted by Crippen LogP contribution is 2.25. The second-order valence-electron chi connectivity index (χ2n) is 4.19. The van der Waals surface area contributed by atoms with Gasteiger partial charge in [-0.15, -0.1) is 0 Å². The van der Waals surface area contributed by atoms with Crippen molar-refractivity contribution >= 4 is 17.4 Å². The molecule has 3 nitrogen and oxygen atoms in total. The maximum atomic E-state index is 13.5. The van der Waals surface area contributed by atoms with Gasteiger partial charge in [-0.05, 0) is 31.5 Å². The van der Waals surface area contributed by atoms with Gasteiger partial charge in [0.05, 0.1) is 5.02 Å². The third-order valence-electron chi connectivity index (χ3n) is 2.98. The number of hydrogen-bond donors (Lipinski definition) is 1. The molecule has 1 aromatic carbocycles. The lowest BCUT2D eigenvalue weighted by atomic mass is 10.1. The monoisotopic (exact) mass is 279 g/mol. The molecule has 0 amide bonds. The Kier molecular flexibility index (Phi) is 4.00. The number of nitrogens with zero attached hydrogens (tertiary/aromatic N) is 2. The highest BCUT2D eigenvalue weighted by molar-refractivity contribution is 6.30. The molecule has 0 aliphatic carbocycles. The molecular formula is C14H15ClFN3. The zero-order valence-electron chi connectivity index (χ0n) is 11.1. The summed E-state index contributed by atoms with van der Waals surface area (Å²) in [4.78, 5) is 8.86. The van der Waals surface area contributed by atoms with E-state index in [-0.39, 0.29) is 5.02 Å². The number of rotatable bonds is 3. The normalized spacial score (nSPS) is 10.6. The van der Waals surface area contributed by atoms with Gasteiger partial charge >= 0.3 is 0 Å². The second kappa shape index (κ2) is 5.53. The second-order valence-corrected chi connectivity index (χ2v) is 4.60. The van der Waals surface area contributed by atoms with Gasteiger partial charge in [0.2, 0.25) is 0 Å². The van der Waals surface area contributed by atoms with Gasteiger partial charge in [0, 0.05) is 23.9 Å². The van der Waals surface area contributed by atoms with Gasteiger partial charge in [-0.1, -0.05) is 18.5 Å². The van der Waals surface area contributed by atoms with Gasteiger partial charge in [-0.3, -0.25) is 0 Å². The summed E-state index contributed by atoms with van der Waals surface area (Å²) < 4.78 is 13.5. The molecule has 0 spiro atoms.